The molecule has 158 valence electrons. The van der Waals surface area contributed by atoms with Crippen LogP contribution in [-0.4, -0.2) is 37.1 Å². The molecule has 0 saturated carbocycles. The van der Waals surface area contributed by atoms with Gasteiger partial charge < -0.3 is 0 Å². The molecule has 31 heavy (non-hydrogen) atoms. The second-order valence-electron chi connectivity index (χ2n) is 6.90. The van der Waals surface area contributed by atoms with Gasteiger partial charge in [-0.2, -0.15) is 13.5 Å². The van der Waals surface area contributed by atoms with Gasteiger partial charge in [0.2, 0.25) is 0 Å². The van der Waals surface area contributed by atoms with Gasteiger partial charge in [-0.3, -0.25) is 0 Å². The van der Waals surface area contributed by atoms with Crippen LogP contribution >= 0.6 is 23.4 Å². The maximum Gasteiger partial charge on any atom is 0.284 e. The van der Waals surface area contributed by atoms with Gasteiger partial charge in [0.25, 0.3) is 10.0 Å². The lowest BCUT2D eigenvalue weighted by Gasteiger charge is -2.17. The summed E-state index contributed by atoms with van der Waals surface area (Å²) in [5.41, 5.74) is 3.01. The lowest BCUT2D eigenvalue weighted by molar-refractivity contribution is 0.484. The standard InChI is InChI=1S/C23H20ClN3O2S2/c1-30-23(26-31(28,29)20-14-12-19(24)13-15-20)27-16-21(17-8-4-2-5-9-17)22(25-27)18-10-6-3-7-11-18/h2-15,21H,16H2,1H3/b26-23-. The first-order chi connectivity index (χ1) is 15.0. The smallest absolute Gasteiger partial charge is 0.240 e. The Morgan fingerprint density at radius 3 is 2.23 bits per heavy atom. The SMILES string of the molecule is CS/C(=N\S(=O)(=O)c1ccc(Cl)cc1)N1CC(c2ccccc2)C(c2ccccc2)=N1. The van der Waals surface area contributed by atoms with E-state index in [1.54, 1.807) is 11.3 Å². The highest BCUT2D eigenvalue weighted by molar-refractivity contribution is 8.13. The normalized spacial score (nSPS) is 17.0. The first kappa shape index (κ1) is 21.6. The molecule has 1 aliphatic rings. The van der Waals surface area contributed by atoms with Crippen molar-refractivity contribution in [3.8, 4) is 0 Å². The van der Waals surface area contributed by atoms with E-state index in [1.807, 2.05) is 48.5 Å². The van der Waals surface area contributed by atoms with E-state index in [1.165, 1.54) is 36.0 Å². The van der Waals surface area contributed by atoms with E-state index in [4.69, 9.17) is 16.7 Å². The number of halogens is 1. The molecule has 0 bridgehead atoms. The molecule has 1 aliphatic heterocycles. The minimum atomic E-state index is -3.89. The molecular formula is C23H20ClN3O2S2. The topological polar surface area (TPSA) is 62.1 Å². The summed E-state index contributed by atoms with van der Waals surface area (Å²) in [5, 5.41) is 7.26. The van der Waals surface area contributed by atoms with E-state index in [0.717, 1.165) is 16.8 Å². The van der Waals surface area contributed by atoms with Crippen LogP contribution in [0.2, 0.25) is 5.02 Å². The van der Waals surface area contributed by atoms with Crippen LogP contribution in [0.25, 0.3) is 0 Å². The number of hydrogen-bond donors (Lipinski definition) is 0. The number of thioether (sulfide) groups is 1. The second-order valence-corrected chi connectivity index (χ2v) is 9.72. The average Bonchev–Trinajstić information content (AvgIpc) is 3.24. The molecule has 0 radical (unpaired) electrons. The van der Waals surface area contributed by atoms with Crippen molar-refractivity contribution in [1.82, 2.24) is 5.01 Å². The quantitative estimate of drug-likeness (QED) is 0.386. The van der Waals surface area contributed by atoms with E-state index >= 15 is 0 Å². The molecule has 0 aromatic heterocycles. The average molecular weight is 470 g/mol. The molecule has 0 aliphatic carbocycles. The maximum atomic E-state index is 12.9. The third kappa shape index (κ3) is 4.84. The van der Waals surface area contributed by atoms with Gasteiger partial charge in [-0.05, 0) is 41.6 Å². The molecule has 1 unspecified atom stereocenters. The minimum Gasteiger partial charge on any atom is -0.240 e. The molecule has 0 spiro atoms. The Hall–Kier alpha value is -2.61. The molecule has 0 fully saturated rings. The third-order valence-corrected chi connectivity index (χ3v) is 7.21. The summed E-state index contributed by atoms with van der Waals surface area (Å²) in [6.07, 6.45) is 1.80. The Labute approximate surface area is 191 Å². The molecule has 4 rings (SSSR count). The lowest BCUT2D eigenvalue weighted by atomic mass is 9.91. The zero-order valence-corrected chi connectivity index (χ0v) is 19.1. The monoisotopic (exact) mass is 469 g/mol. The lowest BCUT2D eigenvalue weighted by Crippen LogP contribution is -2.24. The summed E-state index contributed by atoms with van der Waals surface area (Å²) in [6, 6.07) is 26.0. The summed E-state index contributed by atoms with van der Waals surface area (Å²) < 4.78 is 29.8. The zero-order valence-electron chi connectivity index (χ0n) is 16.7. The van der Waals surface area contributed by atoms with Crippen molar-refractivity contribution in [2.24, 2.45) is 9.50 Å². The Bertz CT molecular complexity index is 1210. The van der Waals surface area contributed by atoms with Crippen LogP contribution in [0, 0.1) is 0 Å². The number of amidine groups is 1. The highest BCUT2D eigenvalue weighted by Gasteiger charge is 2.32. The molecule has 0 saturated heterocycles. The fourth-order valence-electron chi connectivity index (χ4n) is 3.39. The van der Waals surface area contributed by atoms with Crippen LogP contribution in [0.5, 0.6) is 0 Å². The summed E-state index contributed by atoms with van der Waals surface area (Å²) in [7, 11) is -3.89. The number of rotatable bonds is 4. The van der Waals surface area contributed by atoms with Crippen LogP contribution in [0.4, 0.5) is 0 Å². The molecule has 3 aromatic rings. The minimum absolute atomic E-state index is 0.000754. The van der Waals surface area contributed by atoms with E-state index in [2.05, 4.69) is 16.5 Å². The predicted octanol–water partition coefficient (Wildman–Crippen LogP) is 5.25. The Morgan fingerprint density at radius 2 is 1.61 bits per heavy atom. The van der Waals surface area contributed by atoms with E-state index < -0.39 is 10.0 Å². The van der Waals surface area contributed by atoms with Crippen molar-refractivity contribution in [2.75, 3.05) is 12.8 Å². The van der Waals surface area contributed by atoms with Crippen molar-refractivity contribution in [3.63, 3.8) is 0 Å². The molecule has 3 aromatic carbocycles. The summed E-state index contributed by atoms with van der Waals surface area (Å²) in [4.78, 5) is 0.0921. The van der Waals surface area contributed by atoms with Crippen molar-refractivity contribution >= 4 is 44.3 Å². The molecule has 1 heterocycles. The maximum absolute atomic E-state index is 12.9. The van der Waals surface area contributed by atoms with Crippen molar-refractivity contribution in [3.05, 3.63) is 101 Å². The van der Waals surface area contributed by atoms with Gasteiger partial charge in [0, 0.05) is 10.9 Å². The highest BCUT2D eigenvalue weighted by Crippen LogP contribution is 2.31. The van der Waals surface area contributed by atoms with Gasteiger partial charge in [0.05, 0.1) is 17.2 Å². The molecule has 1 atom stereocenters. The number of hydrazone groups is 1. The molecular weight excluding hydrogens is 450 g/mol. The van der Waals surface area contributed by atoms with E-state index in [0.29, 0.717) is 16.7 Å². The Kier molecular flexibility index (Phi) is 6.46. The molecule has 8 heteroatoms. The highest BCUT2D eigenvalue weighted by atomic mass is 35.5. The number of hydrogen-bond acceptors (Lipinski definition) is 4. The van der Waals surface area contributed by atoms with Gasteiger partial charge in [0.15, 0.2) is 5.17 Å². The van der Waals surface area contributed by atoms with Crippen LogP contribution in [0.3, 0.4) is 0 Å². The number of benzene rings is 3. The third-order valence-electron chi connectivity index (χ3n) is 4.90. The van der Waals surface area contributed by atoms with Crippen molar-refractivity contribution in [1.29, 1.82) is 0 Å². The summed E-state index contributed by atoms with van der Waals surface area (Å²) in [5.74, 6) is -0.000754. The molecule has 5 nitrogen and oxygen atoms in total. The van der Waals surface area contributed by atoms with Crippen LogP contribution < -0.4 is 0 Å². The largest absolute Gasteiger partial charge is 0.284 e. The summed E-state index contributed by atoms with van der Waals surface area (Å²) in [6.45, 7) is 0.504. The molecule has 0 N–H and O–H groups in total. The fraction of sp³-hybridized carbons (Fsp3) is 0.130. The predicted molar refractivity (Wildman–Crippen MR) is 128 cm³/mol. The van der Waals surface area contributed by atoms with Gasteiger partial charge in [-0.1, -0.05) is 84.0 Å². The van der Waals surface area contributed by atoms with Crippen molar-refractivity contribution < 1.29 is 8.42 Å². The Balaban J connectivity index is 1.73. The fourth-order valence-corrected chi connectivity index (χ4v) is 5.32. The van der Waals surface area contributed by atoms with Crippen LogP contribution in [-0.2, 0) is 10.0 Å². The second kappa shape index (κ2) is 9.26. The van der Waals surface area contributed by atoms with Gasteiger partial charge in [-0.25, -0.2) is 5.01 Å². The van der Waals surface area contributed by atoms with Gasteiger partial charge in [0.1, 0.15) is 0 Å². The first-order valence-corrected chi connectivity index (χ1v) is 12.6. The first-order valence-electron chi connectivity index (χ1n) is 9.59. The molecule has 0 amide bonds. The van der Waals surface area contributed by atoms with Gasteiger partial charge in [-0.15, -0.1) is 4.40 Å². The number of nitrogens with zero attached hydrogens (tertiary/aromatic N) is 3. The van der Waals surface area contributed by atoms with E-state index in [9.17, 15) is 8.42 Å². The zero-order chi connectivity index (χ0) is 21.8. The van der Waals surface area contributed by atoms with Gasteiger partial charge >= 0.3 is 0 Å². The van der Waals surface area contributed by atoms with Crippen LogP contribution in [0.1, 0.15) is 17.0 Å². The van der Waals surface area contributed by atoms with E-state index in [-0.39, 0.29) is 10.8 Å². The van der Waals surface area contributed by atoms with Crippen molar-refractivity contribution in [2.45, 2.75) is 10.8 Å². The summed E-state index contributed by atoms with van der Waals surface area (Å²) >= 11 is 7.14. The Morgan fingerprint density at radius 1 is 1.00 bits per heavy atom. The number of sulfonamides is 1. The van der Waals surface area contributed by atoms with Crippen LogP contribution in [0.15, 0.2) is 99.3 Å².